The van der Waals surface area contributed by atoms with Crippen molar-refractivity contribution in [3.8, 4) is 0 Å². The summed E-state index contributed by atoms with van der Waals surface area (Å²) in [5, 5.41) is 0. The molecule has 0 saturated heterocycles. The van der Waals surface area contributed by atoms with Gasteiger partial charge in [-0.2, -0.15) is 0 Å². The van der Waals surface area contributed by atoms with E-state index in [4.69, 9.17) is 0 Å². The van der Waals surface area contributed by atoms with E-state index in [0.29, 0.717) is 0 Å². The van der Waals surface area contributed by atoms with Crippen molar-refractivity contribution in [3.63, 3.8) is 0 Å². The molecule has 0 aromatic heterocycles. The Labute approximate surface area is 184 Å². The second-order valence-electron chi connectivity index (χ2n) is 7.58. The van der Waals surface area contributed by atoms with Gasteiger partial charge in [-0.3, -0.25) is 0 Å². The Kier molecular flexibility index (Phi) is 7.61. The van der Waals surface area contributed by atoms with Crippen molar-refractivity contribution < 1.29 is 0 Å². The van der Waals surface area contributed by atoms with Crippen molar-refractivity contribution >= 4 is 74.1 Å². The fraction of sp³-hybridized carbons (Fsp3) is 0.250. The summed E-state index contributed by atoms with van der Waals surface area (Å²) in [6, 6.07) is 27.6. The monoisotopic (exact) mass is 557 g/mol. The van der Waals surface area contributed by atoms with E-state index in [1.807, 2.05) is 0 Å². The van der Waals surface area contributed by atoms with Crippen molar-refractivity contribution in [2.45, 2.75) is 34.3 Å². The van der Waals surface area contributed by atoms with Gasteiger partial charge < -0.3 is 0 Å². The molecular formula is C24H30As3N. The molecule has 4 heteroatoms. The molecule has 0 saturated carbocycles. The number of hydrogen-bond donors (Lipinski definition) is 0. The topological polar surface area (TPSA) is 3.24 Å². The quantitative estimate of drug-likeness (QED) is 0.384. The van der Waals surface area contributed by atoms with Crippen LogP contribution < -0.4 is 18.0 Å². The SMILES string of the molecule is C[As](C)c1cccc(N(c2cccc([As](C)C)c2)c2cccc([As](C)C)c2)c1. The van der Waals surface area contributed by atoms with E-state index >= 15 is 0 Å². The first-order chi connectivity index (χ1) is 13.4. The van der Waals surface area contributed by atoms with Gasteiger partial charge in [0, 0.05) is 0 Å². The van der Waals surface area contributed by atoms with Gasteiger partial charge in [0.15, 0.2) is 0 Å². The first-order valence-corrected chi connectivity index (χ1v) is 23.6. The summed E-state index contributed by atoms with van der Waals surface area (Å²) in [6.45, 7) is 0. The molecule has 0 aliphatic carbocycles. The van der Waals surface area contributed by atoms with Crippen LogP contribution in [-0.4, -0.2) is 44.0 Å². The van der Waals surface area contributed by atoms with Gasteiger partial charge in [0.2, 0.25) is 0 Å². The summed E-state index contributed by atoms with van der Waals surface area (Å²) in [5.41, 5.74) is 18.3. The third kappa shape index (κ3) is 5.19. The zero-order valence-corrected chi connectivity index (χ0v) is 23.3. The van der Waals surface area contributed by atoms with Crippen LogP contribution in [-0.2, 0) is 0 Å². The molecule has 0 aliphatic heterocycles. The minimum atomic E-state index is -0.919. The molecule has 0 aliphatic rings. The van der Waals surface area contributed by atoms with Gasteiger partial charge in [0.25, 0.3) is 0 Å². The molecule has 3 aromatic carbocycles. The molecule has 0 fully saturated rings. The Bertz CT molecular complexity index is 812. The molecule has 28 heavy (non-hydrogen) atoms. The second kappa shape index (κ2) is 9.76. The van der Waals surface area contributed by atoms with Gasteiger partial charge in [-0.25, -0.2) is 0 Å². The summed E-state index contributed by atoms with van der Waals surface area (Å²) in [5.74, 6) is 0. The van der Waals surface area contributed by atoms with Crippen LogP contribution in [0.2, 0.25) is 34.3 Å². The fourth-order valence-corrected chi connectivity index (χ4v) is 8.05. The van der Waals surface area contributed by atoms with Crippen molar-refractivity contribution in [2.75, 3.05) is 4.90 Å². The molecule has 0 unspecified atom stereocenters. The Morgan fingerprint density at radius 2 is 0.750 bits per heavy atom. The Morgan fingerprint density at radius 1 is 0.464 bits per heavy atom. The van der Waals surface area contributed by atoms with Crippen LogP contribution in [0.3, 0.4) is 0 Å². The summed E-state index contributed by atoms with van der Waals surface area (Å²) < 4.78 is 4.58. The predicted molar refractivity (Wildman–Crippen MR) is 132 cm³/mol. The maximum absolute atomic E-state index is 2.46. The number of rotatable bonds is 6. The molecule has 1 nitrogen and oxygen atoms in total. The van der Waals surface area contributed by atoms with Crippen LogP contribution in [0, 0.1) is 0 Å². The van der Waals surface area contributed by atoms with Crippen LogP contribution >= 0.6 is 0 Å². The minimum absolute atomic E-state index is 0.919. The molecule has 0 amide bonds. The van der Waals surface area contributed by atoms with E-state index in [-0.39, 0.29) is 0 Å². The molecule has 0 atom stereocenters. The number of nitrogens with zero attached hydrogens (tertiary/aromatic N) is 1. The molecule has 146 valence electrons. The zero-order valence-electron chi connectivity index (χ0n) is 17.7. The van der Waals surface area contributed by atoms with Crippen molar-refractivity contribution in [1.82, 2.24) is 0 Å². The predicted octanol–water partition coefficient (Wildman–Crippen LogP) is 5.04. The van der Waals surface area contributed by atoms with Gasteiger partial charge in [-0.15, -0.1) is 0 Å². The van der Waals surface area contributed by atoms with Crippen LogP contribution in [0.1, 0.15) is 0 Å². The Balaban J connectivity index is 2.18. The maximum atomic E-state index is 2.46. The van der Waals surface area contributed by atoms with Gasteiger partial charge in [-0.1, -0.05) is 0 Å². The summed E-state index contributed by atoms with van der Waals surface area (Å²) in [7, 11) is 0. The van der Waals surface area contributed by atoms with Crippen LogP contribution in [0.25, 0.3) is 0 Å². The first-order valence-electron chi connectivity index (χ1n) is 9.49. The number of anilines is 3. The summed E-state index contributed by atoms with van der Waals surface area (Å²) in [4.78, 5) is 2.46. The van der Waals surface area contributed by atoms with Crippen molar-refractivity contribution in [1.29, 1.82) is 0 Å². The average Bonchev–Trinajstić information content (AvgIpc) is 2.69. The molecule has 3 rings (SSSR count). The molecule has 0 radical (unpaired) electrons. The van der Waals surface area contributed by atoms with Gasteiger partial charge >= 0.3 is 186 Å². The second-order valence-corrected chi connectivity index (χ2v) is 22.1. The van der Waals surface area contributed by atoms with Crippen molar-refractivity contribution in [2.24, 2.45) is 0 Å². The molecule has 0 spiro atoms. The Morgan fingerprint density at radius 3 is 1.00 bits per heavy atom. The first kappa shape index (κ1) is 21.8. The fourth-order valence-electron chi connectivity index (χ4n) is 3.18. The summed E-state index contributed by atoms with van der Waals surface area (Å²) in [6.07, 6.45) is 0. The van der Waals surface area contributed by atoms with Crippen LogP contribution in [0.5, 0.6) is 0 Å². The van der Waals surface area contributed by atoms with E-state index < -0.39 is 44.0 Å². The standard InChI is InChI=1S/C24H30As3N/c1-25(2)19-10-7-13-22(16-19)28(23-14-8-11-20(17-23)26(3)4)24-15-9-12-21(18-24)27(5)6/h7-18H,1-6H3. The van der Waals surface area contributed by atoms with Gasteiger partial charge in [0.1, 0.15) is 0 Å². The van der Waals surface area contributed by atoms with Crippen molar-refractivity contribution in [3.05, 3.63) is 72.8 Å². The summed E-state index contributed by atoms with van der Waals surface area (Å²) >= 11 is -2.76. The number of benzene rings is 3. The van der Waals surface area contributed by atoms with E-state index in [0.717, 1.165) is 0 Å². The normalized spacial score (nSPS) is 11.5. The van der Waals surface area contributed by atoms with E-state index in [1.165, 1.54) is 30.1 Å². The van der Waals surface area contributed by atoms with E-state index in [2.05, 4.69) is 112 Å². The molecule has 0 heterocycles. The van der Waals surface area contributed by atoms with Crippen LogP contribution in [0.15, 0.2) is 72.8 Å². The third-order valence-corrected chi connectivity index (χ3v) is 13.1. The van der Waals surface area contributed by atoms with E-state index in [9.17, 15) is 0 Å². The Hall–Kier alpha value is -0.865. The molecule has 3 aromatic rings. The van der Waals surface area contributed by atoms with Gasteiger partial charge in [0.05, 0.1) is 0 Å². The molecule has 0 bridgehead atoms. The average molecular weight is 557 g/mol. The molecule has 0 N–H and O–H groups in total. The van der Waals surface area contributed by atoms with E-state index in [1.54, 1.807) is 0 Å². The number of hydrogen-bond acceptors (Lipinski definition) is 1. The third-order valence-electron chi connectivity index (χ3n) is 4.81. The van der Waals surface area contributed by atoms with Gasteiger partial charge in [-0.05, 0) is 0 Å². The molecular weight excluding hydrogens is 527 g/mol. The van der Waals surface area contributed by atoms with Crippen LogP contribution in [0.4, 0.5) is 17.1 Å². The zero-order chi connectivity index (χ0) is 20.3.